The van der Waals surface area contributed by atoms with E-state index in [0.717, 1.165) is 75.4 Å². The van der Waals surface area contributed by atoms with Gasteiger partial charge >= 0.3 is 0 Å². The molecule has 0 rings (SSSR count). The number of alkyl halides is 2. The van der Waals surface area contributed by atoms with Gasteiger partial charge in [0, 0.05) is 22.9 Å². The molecule has 0 bridgehead atoms. The highest BCUT2D eigenvalue weighted by Gasteiger charge is 2.20. The molecule has 0 N–H and O–H groups in total. The minimum absolute atomic E-state index is 0.151. The van der Waals surface area contributed by atoms with Crippen LogP contribution < -0.4 is 0 Å². The van der Waals surface area contributed by atoms with Gasteiger partial charge in [-0.05, 0) is 87.9 Å². The highest BCUT2D eigenvalue weighted by Crippen LogP contribution is 2.26. The Hall–Kier alpha value is 0.840. The number of hydrogen-bond donors (Lipinski definition) is 0. The maximum atomic E-state index is 6.43. The normalized spacial score (nSPS) is 19.0. The zero-order valence-electron chi connectivity index (χ0n) is 24.5. The third-order valence-electron chi connectivity index (χ3n) is 6.66. The second-order valence-electron chi connectivity index (χ2n) is 11.5. The van der Waals surface area contributed by atoms with Crippen LogP contribution in [0.2, 0.25) is 0 Å². The first-order valence-corrected chi connectivity index (χ1v) is 16.6. The maximum Gasteiger partial charge on any atom is 0.160 e. The van der Waals surface area contributed by atoms with Crippen molar-refractivity contribution in [1.29, 1.82) is 0 Å². The van der Waals surface area contributed by atoms with Crippen LogP contribution in [-0.4, -0.2) is 35.4 Å². The lowest BCUT2D eigenvalue weighted by atomic mass is 9.90. The van der Waals surface area contributed by atoms with Gasteiger partial charge in [-0.3, -0.25) is 0 Å². The molecule has 0 fully saturated rings. The minimum Gasteiger partial charge on any atom is -0.353 e. The number of hydrogen-bond acceptors (Lipinski definition) is 3. The summed E-state index contributed by atoms with van der Waals surface area (Å²) in [5, 5.41) is 0. The molecule has 0 spiro atoms. The first kappa shape index (κ1) is 35.8. The fraction of sp³-hybridized carbons (Fsp3) is 1.00. The van der Waals surface area contributed by atoms with Crippen LogP contribution in [-0.2, 0) is 14.2 Å². The molecule has 0 aromatic carbocycles. The predicted octanol–water partition coefficient (Wildman–Crippen LogP) is 10.5. The van der Waals surface area contributed by atoms with Gasteiger partial charge in [0.05, 0.1) is 0 Å². The van der Waals surface area contributed by atoms with E-state index in [1.165, 1.54) is 38.5 Å². The molecule has 0 aliphatic rings. The molecule has 35 heavy (non-hydrogen) atoms. The Kier molecular flexibility index (Phi) is 23.3. The lowest BCUT2D eigenvalue weighted by Gasteiger charge is -2.26. The van der Waals surface area contributed by atoms with E-state index in [4.69, 9.17) is 14.2 Å². The van der Waals surface area contributed by atoms with Crippen molar-refractivity contribution in [3.8, 4) is 0 Å². The zero-order valence-corrected chi connectivity index (χ0v) is 27.7. The Morgan fingerprint density at radius 1 is 0.514 bits per heavy atom. The molecule has 0 aromatic heterocycles. The Morgan fingerprint density at radius 3 is 1.20 bits per heavy atom. The summed E-state index contributed by atoms with van der Waals surface area (Å²) in [5.41, 5.74) is 0. The highest BCUT2D eigenvalue weighted by molar-refractivity contribution is 9.09. The van der Waals surface area contributed by atoms with E-state index in [0.29, 0.717) is 9.65 Å². The van der Waals surface area contributed by atoms with Gasteiger partial charge in [0.25, 0.3) is 0 Å². The van der Waals surface area contributed by atoms with Gasteiger partial charge in [-0.25, -0.2) is 0 Å². The fourth-order valence-electron chi connectivity index (χ4n) is 5.23. The van der Waals surface area contributed by atoms with Gasteiger partial charge in [0.2, 0.25) is 0 Å². The van der Waals surface area contributed by atoms with Gasteiger partial charge < -0.3 is 14.2 Å². The highest BCUT2D eigenvalue weighted by atomic mass is 79.9. The van der Waals surface area contributed by atoms with Crippen LogP contribution in [0.1, 0.15) is 132 Å². The second kappa shape index (κ2) is 22.8. The van der Waals surface area contributed by atoms with Crippen LogP contribution in [0.3, 0.4) is 0 Å². The minimum atomic E-state index is -0.151. The van der Waals surface area contributed by atoms with Crippen LogP contribution in [0.5, 0.6) is 0 Å². The Morgan fingerprint density at radius 2 is 0.886 bits per heavy atom. The van der Waals surface area contributed by atoms with Crippen molar-refractivity contribution in [2.75, 3.05) is 13.2 Å². The van der Waals surface area contributed by atoms with Crippen molar-refractivity contribution >= 4 is 31.9 Å². The number of halogens is 2. The van der Waals surface area contributed by atoms with E-state index in [-0.39, 0.29) is 12.6 Å². The molecule has 8 atom stereocenters. The molecule has 5 heteroatoms. The molecule has 212 valence electrons. The third-order valence-corrected chi connectivity index (χ3v) is 7.40. The van der Waals surface area contributed by atoms with Crippen molar-refractivity contribution in [2.45, 2.75) is 155 Å². The van der Waals surface area contributed by atoms with Crippen molar-refractivity contribution < 1.29 is 14.2 Å². The summed E-state index contributed by atoms with van der Waals surface area (Å²) in [6, 6.07) is 0. The van der Waals surface area contributed by atoms with E-state index in [1.54, 1.807) is 0 Å². The van der Waals surface area contributed by atoms with Crippen LogP contribution in [0, 0.1) is 23.7 Å². The van der Waals surface area contributed by atoms with Crippen molar-refractivity contribution in [3.05, 3.63) is 0 Å². The molecule has 0 saturated heterocycles. The smallest absolute Gasteiger partial charge is 0.160 e. The lowest BCUT2D eigenvalue weighted by molar-refractivity contribution is -0.250. The summed E-state index contributed by atoms with van der Waals surface area (Å²) in [5.74, 6) is 3.02. The summed E-state index contributed by atoms with van der Waals surface area (Å²) in [6.45, 7) is 19.9. The molecule has 0 amide bonds. The summed E-state index contributed by atoms with van der Waals surface area (Å²) < 4.78 is 18.7. The molecule has 8 unspecified atom stereocenters. The number of rotatable bonds is 24. The van der Waals surface area contributed by atoms with Crippen molar-refractivity contribution in [3.63, 3.8) is 0 Å². The van der Waals surface area contributed by atoms with Gasteiger partial charge in [0.15, 0.2) is 12.6 Å². The van der Waals surface area contributed by atoms with E-state index in [1.807, 2.05) is 0 Å². The third kappa shape index (κ3) is 22.5. The molecule has 0 aromatic rings. The van der Waals surface area contributed by atoms with Crippen LogP contribution in [0.15, 0.2) is 0 Å². The van der Waals surface area contributed by atoms with Gasteiger partial charge in [-0.1, -0.05) is 100 Å². The zero-order chi connectivity index (χ0) is 26.6. The van der Waals surface area contributed by atoms with E-state index in [2.05, 4.69) is 87.2 Å². The van der Waals surface area contributed by atoms with Crippen molar-refractivity contribution in [1.82, 2.24) is 0 Å². The monoisotopic (exact) mass is 626 g/mol. The lowest BCUT2D eigenvalue weighted by Crippen LogP contribution is -2.28. The standard InChI is InChI=1S/C30H60Br2O3/c1-9-17-33-29(15-11-13-23(3)19-25(5)21-27(7)31)35-30(34-18-10-2)16-12-14-24(4)20-26(6)22-28(8)32/h23-30H,9-22H2,1-8H3. The van der Waals surface area contributed by atoms with E-state index < -0.39 is 0 Å². The quantitative estimate of drug-likeness (QED) is 0.0787. The van der Waals surface area contributed by atoms with Crippen LogP contribution >= 0.6 is 31.9 Å². The first-order valence-electron chi connectivity index (χ1n) is 14.7. The average molecular weight is 629 g/mol. The van der Waals surface area contributed by atoms with E-state index in [9.17, 15) is 0 Å². The maximum absolute atomic E-state index is 6.43. The fourth-order valence-corrected chi connectivity index (χ4v) is 6.50. The molecule has 0 aliphatic heterocycles. The molecule has 3 nitrogen and oxygen atoms in total. The van der Waals surface area contributed by atoms with Crippen molar-refractivity contribution in [2.24, 2.45) is 23.7 Å². The number of ether oxygens (including phenoxy) is 3. The van der Waals surface area contributed by atoms with Gasteiger partial charge in [-0.15, -0.1) is 0 Å². The second-order valence-corrected chi connectivity index (χ2v) is 14.6. The molecule has 0 saturated carbocycles. The Balaban J connectivity index is 4.60. The summed E-state index contributed by atoms with van der Waals surface area (Å²) in [4.78, 5) is 1.21. The molecular weight excluding hydrogens is 568 g/mol. The first-order chi connectivity index (χ1) is 16.6. The largest absolute Gasteiger partial charge is 0.353 e. The topological polar surface area (TPSA) is 27.7 Å². The summed E-state index contributed by atoms with van der Waals surface area (Å²) in [7, 11) is 0. The van der Waals surface area contributed by atoms with Gasteiger partial charge in [0.1, 0.15) is 0 Å². The molecule has 0 radical (unpaired) electrons. The molecule has 0 heterocycles. The van der Waals surface area contributed by atoms with Crippen LogP contribution in [0.25, 0.3) is 0 Å². The molecular formula is C30H60Br2O3. The molecule has 0 aliphatic carbocycles. The summed E-state index contributed by atoms with van der Waals surface area (Å²) >= 11 is 7.40. The predicted molar refractivity (Wildman–Crippen MR) is 161 cm³/mol. The van der Waals surface area contributed by atoms with Gasteiger partial charge in [-0.2, -0.15) is 0 Å². The Bertz CT molecular complexity index is 421. The Labute approximate surface area is 236 Å². The SMILES string of the molecule is CCCOC(CCCC(C)CC(C)CC(C)Br)OC(CCCC(C)CC(C)CC(C)Br)OCCC. The van der Waals surface area contributed by atoms with E-state index >= 15 is 0 Å². The average Bonchev–Trinajstić information content (AvgIpc) is 2.73. The summed E-state index contributed by atoms with van der Waals surface area (Å²) in [6.07, 6.45) is 13.5. The van der Waals surface area contributed by atoms with Crippen LogP contribution in [0.4, 0.5) is 0 Å².